The molecule has 0 saturated heterocycles. The Hall–Kier alpha value is -1.71. The molecule has 1 aliphatic carbocycles. The maximum absolute atomic E-state index is 12.1. The molecule has 0 aromatic heterocycles. The smallest absolute Gasteiger partial charge is 0.223 e. The lowest BCUT2D eigenvalue weighted by molar-refractivity contribution is -0.125. The van der Waals surface area contributed by atoms with Gasteiger partial charge >= 0.3 is 0 Å². The molecule has 7 nitrogen and oxygen atoms in total. The minimum absolute atomic E-state index is 0. The van der Waals surface area contributed by atoms with Gasteiger partial charge in [-0.1, -0.05) is 19.3 Å². The predicted molar refractivity (Wildman–Crippen MR) is 124 cm³/mol. The number of carbonyl (C=O) groups is 1. The summed E-state index contributed by atoms with van der Waals surface area (Å²) in [5.41, 5.74) is 0.842. The number of amides is 1. The van der Waals surface area contributed by atoms with E-state index in [9.17, 15) is 4.79 Å². The van der Waals surface area contributed by atoms with Crippen LogP contribution in [0.25, 0.3) is 0 Å². The third-order valence-electron chi connectivity index (χ3n) is 4.64. The minimum atomic E-state index is 0. The lowest BCUT2D eigenvalue weighted by Gasteiger charge is -2.21. The molecule has 1 amide bonds. The maximum atomic E-state index is 12.1. The standard InChI is InChI=1S/C20H32N4O3.HI/c1-4-27-17-11-10-16(14-18(17)26-3)24-20(21-2)23-13-12-22-19(25)15-8-6-5-7-9-15;/h10-11,14-15H,4-9,12-13H2,1-3H3,(H,22,25)(H2,21,23,24);1H. The topological polar surface area (TPSA) is 84.0 Å². The van der Waals surface area contributed by atoms with E-state index in [0.29, 0.717) is 37.2 Å². The molecule has 0 spiro atoms. The Balaban J connectivity index is 0.00000392. The predicted octanol–water partition coefficient (Wildman–Crippen LogP) is 3.40. The van der Waals surface area contributed by atoms with Crippen LogP contribution in [0.3, 0.4) is 0 Å². The van der Waals surface area contributed by atoms with Crippen LogP contribution in [0.5, 0.6) is 11.5 Å². The van der Waals surface area contributed by atoms with E-state index >= 15 is 0 Å². The summed E-state index contributed by atoms with van der Waals surface area (Å²) < 4.78 is 10.9. The number of anilines is 1. The number of hydrogen-bond donors (Lipinski definition) is 3. The van der Waals surface area contributed by atoms with Crippen LogP contribution >= 0.6 is 24.0 Å². The fourth-order valence-electron chi connectivity index (χ4n) is 3.21. The number of benzene rings is 1. The van der Waals surface area contributed by atoms with E-state index in [2.05, 4.69) is 20.9 Å². The van der Waals surface area contributed by atoms with Crippen molar-refractivity contribution in [3.8, 4) is 11.5 Å². The molecule has 28 heavy (non-hydrogen) atoms. The van der Waals surface area contributed by atoms with Gasteiger partial charge in [0, 0.05) is 37.8 Å². The van der Waals surface area contributed by atoms with Gasteiger partial charge < -0.3 is 25.4 Å². The number of ether oxygens (including phenoxy) is 2. The van der Waals surface area contributed by atoms with E-state index in [1.54, 1.807) is 14.2 Å². The summed E-state index contributed by atoms with van der Waals surface area (Å²) in [5.74, 6) is 2.37. The van der Waals surface area contributed by atoms with Crippen LogP contribution in [0.15, 0.2) is 23.2 Å². The molecule has 1 fully saturated rings. The lowest BCUT2D eigenvalue weighted by atomic mass is 9.89. The maximum Gasteiger partial charge on any atom is 0.223 e. The van der Waals surface area contributed by atoms with Gasteiger partial charge in [0.25, 0.3) is 0 Å². The van der Waals surface area contributed by atoms with Gasteiger partial charge in [0.05, 0.1) is 13.7 Å². The number of halogens is 1. The van der Waals surface area contributed by atoms with Crippen molar-refractivity contribution in [3.05, 3.63) is 18.2 Å². The highest BCUT2D eigenvalue weighted by atomic mass is 127. The Kier molecular flexibility index (Phi) is 11.7. The molecular weight excluding hydrogens is 471 g/mol. The van der Waals surface area contributed by atoms with Crippen molar-refractivity contribution in [2.24, 2.45) is 10.9 Å². The van der Waals surface area contributed by atoms with Gasteiger partial charge in [0.1, 0.15) is 0 Å². The van der Waals surface area contributed by atoms with Crippen LogP contribution in [0, 0.1) is 5.92 Å². The SMILES string of the molecule is CCOc1ccc(NC(=NC)NCCNC(=O)C2CCCCC2)cc1OC.I. The molecule has 1 aromatic carbocycles. The van der Waals surface area contributed by atoms with Crippen molar-refractivity contribution >= 4 is 41.5 Å². The second-order valence-corrected chi connectivity index (χ2v) is 6.55. The molecule has 3 N–H and O–H groups in total. The number of aliphatic imine (C=N–C) groups is 1. The molecule has 1 aromatic rings. The first-order valence-electron chi connectivity index (χ1n) is 9.74. The van der Waals surface area contributed by atoms with E-state index in [0.717, 1.165) is 18.5 Å². The van der Waals surface area contributed by atoms with Crippen LogP contribution in [-0.4, -0.2) is 45.7 Å². The van der Waals surface area contributed by atoms with Crippen LogP contribution in [0.4, 0.5) is 5.69 Å². The average molecular weight is 504 g/mol. The second kappa shape index (κ2) is 13.5. The highest BCUT2D eigenvalue weighted by Gasteiger charge is 2.20. The Morgan fingerprint density at radius 3 is 2.50 bits per heavy atom. The number of guanidine groups is 1. The second-order valence-electron chi connectivity index (χ2n) is 6.55. The molecule has 0 atom stereocenters. The summed E-state index contributed by atoms with van der Waals surface area (Å²) in [4.78, 5) is 16.4. The monoisotopic (exact) mass is 504 g/mol. The summed E-state index contributed by atoms with van der Waals surface area (Å²) in [7, 11) is 3.32. The Morgan fingerprint density at radius 2 is 1.86 bits per heavy atom. The van der Waals surface area contributed by atoms with Gasteiger partial charge in [-0.05, 0) is 31.9 Å². The van der Waals surface area contributed by atoms with Gasteiger partial charge in [0.15, 0.2) is 17.5 Å². The van der Waals surface area contributed by atoms with E-state index in [-0.39, 0.29) is 35.8 Å². The minimum Gasteiger partial charge on any atom is -0.493 e. The molecular formula is C20H33IN4O3. The summed E-state index contributed by atoms with van der Waals surface area (Å²) in [5, 5.41) is 9.44. The van der Waals surface area contributed by atoms with E-state index in [1.165, 1.54) is 19.3 Å². The lowest BCUT2D eigenvalue weighted by Crippen LogP contribution is -2.40. The molecule has 0 unspecified atom stereocenters. The number of carbonyl (C=O) groups excluding carboxylic acids is 1. The summed E-state index contributed by atoms with van der Waals surface area (Å²) in [6.07, 6.45) is 5.62. The molecule has 1 aliphatic rings. The van der Waals surface area contributed by atoms with Crippen LogP contribution < -0.4 is 25.4 Å². The van der Waals surface area contributed by atoms with Crippen molar-refractivity contribution in [1.29, 1.82) is 0 Å². The van der Waals surface area contributed by atoms with Gasteiger partial charge in [-0.2, -0.15) is 0 Å². The third-order valence-corrected chi connectivity index (χ3v) is 4.64. The molecule has 1 saturated carbocycles. The van der Waals surface area contributed by atoms with Crippen molar-refractivity contribution < 1.29 is 14.3 Å². The average Bonchev–Trinajstić information content (AvgIpc) is 2.71. The quantitative estimate of drug-likeness (QED) is 0.219. The van der Waals surface area contributed by atoms with Crippen LogP contribution in [-0.2, 0) is 4.79 Å². The van der Waals surface area contributed by atoms with Crippen molar-refractivity contribution in [3.63, 3.8) is 0 Å². The Bertz CT molecular complexity index is 634. The van der Waals surface area contributed by atoms with Crippen molar-refractivity contribution in [2.75, 3.05) is 39.2 Å². The largest absolute Gasteiger partial charge is 0.493 e. The first kappa shape index (κ1) is 24.3. The number of hydrogen-bond acceptors (Lipinski definition) is 4. The van der Waals surface area contributed by atoms with Crippen LogP contribution in [0.2, 0.25) is 0 Å². The Labute approximate surface area is 185 Å². The van der Waals surface area contributed by atoms with E-state index < -0.39 is 0 Å². The highest BCUT2D eigenvalue weighted by Crippen LogP contribution is 2.30. The molecule has 0 radical (unpaired) electrons. The summed E-state index contributed by atoms with van der Waals surface area (Å²) in [6, 6.07) is 5.64. The van der Waals surface area contributed by atoms with Crippen molar-refractivity contribution in [1.82, 2.24) is 10.6 Å². The molecule has 0 aliphatic heterocycles. The third kappa shape index (κ3) is 7.73. The Morgan fingerprint density at radius 1 is 1.14 bits per heavy atom. The fourth-order valence-corrected chi connectivity index (χ4v) is 3.21. The van der Waals surface area contributed by atoms with E-state index in [1.807, 2.05) is 25.1 Å². The molecule has 0 heterocycles. The number of rotatable bonds is 8. The first-order valence-corrected chi connectivity index (χ1v) is 9.74. The zero-order valence-corrected chi connectivity index (χ0v) is 19.4. The summed E-state index contributed by atoms with van der Waals surface area (Å²) in [6.45, 7) is 3.69. The number of nitrogens with one attached hydrogen (secondary N) is 3. The molecule has 0 bridgehead atoms. The summed E-state index contributed by atoms with van der Waals surface area (Å²) >= 11 is 0. The molecule has 8 heteroatoms. The fraction of sp³-hybridized carbons (Fsp3) is 0.600. The molecule has 158 valence electrons. The van der Waals surface area contributed by atoms with Gasteiger partial charge in [-0.25, -0.2) is 0 Å². The number of nitrogens with zero attached hydrogens (tertiary/aromatic N) is 1. The van der Waals surface area contributed by atoms with E-state index in [4.69, 9.17) is 9.47 Å². The van der Waals surface area contributed by atoms with Crippen LogP contribution in [0.1, 0.15) is 39.0 Å². The highest BCUT2D eigenvalue weighted by molar-refractivity contribution is 14.0. The van der Waals surface area contributed by atoms with Crippen molar-refractivity contribution in [2.45, 2.75) is 39.0 Å². The van der Waals surface area contributed by atoms with Gasteiger partial charge in [-0.3, -0.25) is 9.79 Å². The molecule has 2 rings (SSSR count). The normalized spacial score (nSPS) is 14.6. The first-order chi connectivity index (χ1) is 13.2. The zero-order valence-electron chi connectivity index (χ0n) is 17.0. The van der Waals surface area contributed by atoms with Gasteiger partial charge in [-0.15, -0.1) is 24.0 Å². The number of methoxy groups -OCH3 is 1. The zero-order chi connectivity index (χ0) is 19.5. The van der Waals surface area contributed by atoms with Gasteiger partial charge in [0.2, 0.25) is 5.91 Å².